The second-order valence-electron chi connectivity index (χ2n) is 7.50. The van der Waals surface area contributed by atoms with Crippen molar-refractivity contribution in [3.05, 3.63) is 52.8 Å². The van der Waals surface area contributed by atoms with Crippen LogP contribution in [0, 0.1) is 13.8 Å². The maximum Gasteiger partial charge on any atom is 0.338 e. The van der Waals surface area contributed by atoms with Gasteiger partial charge in [0.05, 0.1) is 10.5 Å². The summed E-state index contributed by atoms with van der Waals surface area (Å²) in [4.78, 5) is 25.1. The van der Waals surface area contributed by atoms with Crippen molar-refractivity contribution in [2.24, 2.45) is 0 Å². The third kappa shape index (κ3) is 4.34. The van der Waals surface area contributed by atoms with Gasteiger partial charge in [-0.25, -0.2) is 13.2 Å². The quantitative estimate of drug-likeness (QED) is 0.447. The van der Waals surface area contributed by atoms with Gasteiger partial charge in [0.15, 0.2) is 6.61 Å². The standard InChI is InChI=1S/C22H28N2O5S/c1-5-23(6-2)30(27,28)19-9-7-8-17(13-19)22(26)29-14-21(25)20-12-15(3)24(16(20)4)18-10-11-18/h7-9,12-13,18H,5-6,10-11,14H2,1-4H3. The molecule has 1 aromatic heterocycles. The molecule has 30 heavy (non-hydrogen) atoms. The van der Waals surface area contributed by atoms with Crippen molar-refractivity contribution in [1.29, 1.82) is 0 Å². The summed E-state index contributed by atoms with van der Waals surface area (Å²) in [5, 5.41) is 0. The van der Waals surface area contributed by atoms with E-state index in [2.05, 4.69) is 4.57 Å². The Hall–Kier alpha value is -2.45. The fourth-order valence-corrected chi connectivity index (χ4v) is 5.25. The molecule has 8 heteroatoms. The molecule has 0 saturated heterocycles. The van der Waals surface area contributed by atoms with Gasteiger partial charge < -0.3 is 9.30 Å². The third-order valence-corrected chi connectivity index (χ3v) is 7.49. The van der Waals surface area contributed by atoms with E-state index in [1.165, 1.54) is 28.6 Å². The minimum Gasteiger partial charge on any atom is -0.454 e. The number of hydrogen-bond donors (Lipinski definition) is 0. The van der Waals surface area contributed by atoms with Gasteiger partial charge in [0.2, 0.25) is 15.8 Å². The Balaban J connectivity index is 1.71. The lowest BCUT2D eigenvalue weighted by Gasteiger charge is -2.18. The molecule has 7 nitrogen and oxygen atoms in total. The summed E-state index contributed by atoms with van der Waals surface area (Å²) in [6.45, 7) is 7.66. The fraction of sp³-hybridized carbons (Fsp3) is 0.455. The highest BCUT2D eigenvalue weighted by Gasteiger charge is 2.28. The Labute approximate surface area is 177 Å². The van der Waals surface area contributed by atoms with Crippen molar-refractivity contribution >= 4 is 21.8 Å². The van der Waals surface area contributed by atoms with Crippen molar-refractivity contribution in [2.75, 3.05) is 19.7 Å². The minimum absolute atomic E-state index is 0.0277. The molecule has 3 rings (SSSR count). The molecular weight excluding hydrogens is 404 g/mol. The van der Waals surface area contributed by atoms with Crippen LogP contribution in [0.1, 0.15) is 64.8 Å². The monoisotopic (exact) mass is 432 g/mol. The lowest BCUT2D eigenvalue weighted by Crippen LogP contribution is -2.30. The van der Waals surface area contributed by atoms with Crippen LogP contribution in [0.3, 0.4) is 0 Å². The second kappa shape index (κ2) is 8.73. The molecule has 0 N–H and O–H groups in total. The van der Waals surface area contributed by atoms with E-state index in [1.54, 1.807) is 13.8 Å². The van der Waals surface area contributed by atoms with Crippen LogP contribution >= 0.6 is 0 Å². The number of ketones is 1. The highest BCUT2D eigenvalue weighted by molar-refractivity contribution is 7.89. The van der Waals surface area contributed by atoms with Crippen LogP contribution < -0.4 is 0 Å². The molecule has 0 aliphatic heterocycles. The lowest BCUT2D eigenvalue weighted by molar-refractivity contribution is 0.0474. The normalized spacial score (nSPS) is 14.2. The number of benzene rings is 1. The number of Topliss-reactive ketones (excluding diaryl/α,β-unsaturated/α-hetero) is 1. The van der Waals surface area contributed by atoms with Gasteiger partial charge in [-0.05, 0) is 51.0 Å². The van der Waals surface area contributed by atoms with Crippen LogP contribution in [0.25, 0.3) is 0 Å². The molecule has 162 valence electrons. The summed E-state index contributed by atoms with van der Waals surface area (Å²) in [5.74, 6) is -0.994. The number of rotatable bonds is 9. The lowest BCUT2D eigenvalue weighted by atomic mass is 10.1. The molecule has 2 aromatic rings. The van der Waals surface area contributed by atoms with Gasteiger partial charge in [-0.1, -0.05) is 19.9 Å². The summed E-state index contributed by atoms with van der Waals surface area (Å²) in [5.41, 5.74) is 2.58. The van der Waals surface area contributed by atoms with Crippen molar-refractivity contribution in [3.63, 3.8) is 0 Å². The van der Waals surface area contributed by atoms with Crippen molar-refractivity contribution in [1.82, 2.24) is 8.87 Å². The van der Waals surface area contributed by atoms with E-state index < -0.39 is 16.0 Å². The molecule has 1 saturated carbocycles. The molecule has 0 spiro atoms. The number of sulfonamides is 1. The van der Waals surface area contributed by atoms with E-state index in [1.807, 2.05) is 19.9 Å². The molecule has 0 bridgehead atoms. The SMILES string of the molecule is CCN(CC)S(=O)(=O)c1cccc(C(=O)OCC(=O)c2cc(C)n(C3CC3)c2C)c1. The first kappa shape index (κ1) is 22.2. The number of carbonyl (C=O) groups excluding carboxylic acids is 2. The highest BCUT2D eigenvalue weighted by atomic mass is 32.2. The summed E-state index contributed by atoms with van der Waals surface area (Å²) in [6, 6.07) is 8.01. The largest absolute Gasteiger partial charge is 0.454 e. The van der Waals surface area contributed by atoms with Crippen LogP contribution in [0.2, 0.25) is 0 Å². The molecule has 0 atom stereocenters. The first-order chi connectivity index (χ1) is 14.2. The van der Waals surface area contributed by atoms with Gasteiger partial charge >= 0.3 is 5.97 Å². The van der Waals surface area contributed by atoms with Crippen LogP contribution in [0.4, 0.5) is 0 Å². The Morgan fingerprint density at radius 3 is 2.40 bits per heavy atom. The molecule has 1 aromatic carbocycles. The number of aryl methyl sites for hydroxylation is 1. The zero-order valence-corrected chi connectivity index (χ0v) is 18.7. The number of ether oxygens (including phenoxy) is 1. The summed E-state index contributed by atoms with van der Waals surface area (Å²) in [6.07, 6.45) is 2.23. The van der Waals surface area contributed by atoms with Crippen molar-refractivity contribution in [2.45, 2.75) is 51.5 Å². The van der Waals surface area contributed by atoms with E-state index in [0.29, 0.717) is 24.7 Å². The number of hydrogen-bond acceptors (Lipinski definition) is 5. The Bertz CT molecular complexity index is 1060. The smallest absolute Gasteiger partial charge is 0.338 e. The van der Waals surface area contributed by atoms with Crippen LogP contribution in [-0.4, -0.2) is 48.7 Å². The Kier molecular flexibility index (Phi) is 6.47. The van der Waals surface area contributed by atoms with E-state index in [0.717, 1.165) is 24.2 Å². The van der Waals surface area contributed by atoms with Crippen molar-refractivity contribution in [3.8, 4) is 0 Å². The van der Waals surface area contributed by atoms with Crippen LogP contribution in [-0.2, 0) is 14.8 Å². The zero-order chi connectivity index (χ0) is 22.1. The van der Waals surface area contributed by atoms with Crippen LogP contribution in [0.15, 0.2) is 35.2 Å². The van der Waals surface area contributed by atoms with Gasteiger partial charge in [-0.2, -0.15) is 4.31 Å². The van der Waals surface area contributed by atoms with E-state index in [4.69, 9.17) is 4.74 Å². The highest BCUT2D eigenvalue weighted by Crippen LogP contribution is 2.38. The predicted molar refractivity (Wildman–Crippen MR) is 113 cm³/mol. The zero-order valence-electron chi connectivity index (χ0n) is 17.8. The predicted octanol–water partition coefficient (Wildman–Crippen LogP) is 3.51. The molecule has 0 amide bonds. The number of aromatic nitrogens is 1. The topological polar surface area (TPSA) is 85.7 Å². The van der Waals surface area contributed by atoms with Gasteiger partial charge in [0.1, 0.15) is 0 Å². The average molecular weight is 433 g/mol. The van der Waals surface area contributed by atoms with Gasteiger partial charge in [-0.3, -0.25) is 4.79 Å². The number of nitrogens with zero attached hydrogens (tertiary/aromatic N) is 2. The number of esters is 1. The average Bonchev–Trinajstić information content (AvgIpc) is 3.51. The molecule has 1 aliphatic carbocycles. The van der Waals surface area contributed by atoms with E-state index in [9.17, 15) is 18.0 Å². The van der Waals surface area contributed by atoms with Gasteiger partial charge in [0.25, 0.3) is 0 Å². The van der Waals surface area contributed by atoms with Crippen LogP contribution in [0.5, 0.6) is 0 Å². The van der Waals surface area contributed by atoms with Crippen molar-refractivity contribution < 1.29 is 22.7 Å². The maximum absolute atomic E-state index is 12.7. The molecule has 0 radical (unpaired) electrons. The molecule has 0 unspecified atom stereocenters. The summed E-state index contributed by atoms with van der Waals surface area (Å²) in [7, 11) is -3.69. The maximum atomic E-state index is 12.7. The van der Waals surface area contributed by atoms with E-state index >= 15 is 0 Å². The van der Waals surface area contributed by atoms with Gasteiger partial charge in [-0.15, -0.1) is 0 Å². The molecule has 1 fully saturated rings. The number of carbonyl (C=O) groups is 2. The Morgan fingerprint density at radius 1 is 1.13 bits per heavy atom. The first-order valence-electron chi connectivity index (χ1n) is 10.2. The second-order valence-corrected chi connectivity index (χ2v) is 9.44. The fourth-order valence-electron chi connectivity index (χ4n) is 3.74. The van der Waals surface area contributed by atoms with Gasteiger partial charge in [0, 0.05) is 36.1 Å². The third-order valence-electron chi connectivity index (χ3n) is 5.44. The Morgan fingerprint density at radius 2 is 1.80 bits per heavy atom. The van der Waals surface area contributed by atoms with E-state index in [-0.39, 0.29) is 22.8 Å². The minimum atomic E-state index is -3.69. The first-order valence-corrected chi connectivity index (χ1v) is 11.6. The summed E-state index contributed by atoms with van der Waals surface area (Å²) >= 11 is 0. The summed E-state index contributed by atoms with van der Waals surface area (Å²) < 4.78 is 34.0. The molecule has 1 heterocycles. The molecular formula is C22H28N2O5S. The molecule has 1 aliphatic rings.